The first kappa shape index (κ1) is 28.8. The molecule has 1 aliphatic rings. The Kier molecular flexibility index (Phi) is 10.0. The van der Waals surface area contributed by atoms with E-state index in [1.807, 2.05) is 51.1 Å². The summed E-state index contributed by atoms with van der Waals surface area (Å²) in [4.78, 5) is 44.0. The summed E-state index contributed by atoms with van der Waals surface area (Å²) < 4.78 is 11.3. The van der Waals surface area contributed by atoms with E-state index in [9.17, 15) is 14.4 Å². The summed E-state index contributed by atoms with van der Waals surface area (Å²) >= 11 is 0. The second-order valence-corrected chi connectivity index (χ2v) is 10.2. The SMILES string of the molecule is C=C[C@H](c1ccccc1)c1cc(C(=O)NCCC[C@H]2CN(C(=O)OC(C)(C)C)CCO2)cc(C(=O)NC)n1. The molecule has 1 saturated heterocycles. The molecule has 0 aliphatic carbocycles. The Labute approximate surface area is 224 Å². The molecular weight excluding hydrogens is 484 g/mol. The molecule has 0 saturated carbocycles. The maximum absolute atomic E-state index is 13.0. The van der Waals surface area contributed by atoms with Gasteiger partial charge in [-0.25, -0.2) is 9.78 Å². The largest absolute Gasteiger partial charge is 0.444 e. The van der Waals surface area contributed by atoms with E-state index in [0.717, 1.165) is 5.56 Å². The van der Waals surface area contributed by atoms with Gasteiger partial charge in [-0.15, -0.1) is 6.58 Å². The minimum absolute atomic E-state index is 0.125. The minimum Gasteiger partial charge on any atom is -0.444 e. The van der Waals surface area contributed by atoms with Gasteiger partial charge >= 0.3 is 6.09 Å². The van der Waals surface area contributed by atoms with E-state index in [-0.39, 0.29) is 35.6 Å². The van der Waals surface area contributed by atoms with Crippen LogP contribution in [0.15, 0.2) is 55.1 Å². The molecule has 2 heterocycles. The lowest BCUT2D eigenvalue weighted by Crippen LogP contribution is -2.47. The van der Waals surface area contributed by atoms with Crippen LogP contribution in [-0.4, -0.2) is 72.8 Å². The van der Waals surface area contributed by atoms with Crippen molar-refractivity contribution >= 4 is 17.9 Å². The van der Waals surface area contributed by atoms with Crippen LogP contribution < -0.4 is 10.6 Å². The second-order valence-electron chi connectivity index (χ2n) is 10.2. The molecule has 1 aromatic heterocycles. The van der Waals surface area contributed by atoms with Crippen molar-refractivity contribution in [2.24, 2.45) is 0 Å². The molecule has 1 aliphatic heterocycles. The fraction of sp³-hybridized carbons (Fsp3) is 0.448. The second kappa shape index (κ2) is 13.2. The third-order valence-electron chi connectivity index (χ3n) is 6.06. The van der Waals surface area contributed by atoms with Crippen LogP contribution in [0.5, 0.6) is 0 Å². The van der Waals surface area contributed by atoms with Crippen LogP contribution in [0.1, 0.15) is 71.6 Å². The number of carbonyl (C=O) groups is 3. The quantitative estimate of drug-likeness (QED) is 0.382. The Morgan fingerprint density at radius 1 is 1.21 bits per heavy atom. The van der Waals surface area contributed by atoms with Crippen molar-refractivity contribution in [2.75, 3.05) is 33.3 Å². The third kappa shape index (κ3) is 8.14. The number of amides is 3. The fourth-order valence-corrected chi connectivity index (χ4v) is 4.19. The third-order valence-corrected chi connectivity index (χ3v) is 6.06. The molecule has 1 fully saturated rings. The highest BCUT2D eigenvalue weighted by Crippen LogP contribution is 2.25. The maximum Gasteiger partial charge on any atom is 0.410 e. The Bertz CT molecular complexity index is 1130. The standard InChI is InChI=1S/C29H38N4O5/c1-6-23(20-11-8-7-9-12-20)24-17-21(18-25(32-24)27(35)30-5)26(34)31-14-10-13-22-19-33(15-16-37-22)28(36)38-29(2,3)4/h6-9,11-12,17-18,22-23H,1,10,13-16,19H2,2-5H3,(H,30,35)(H,31,34)/t22-,23+/m0/s1. The molecule has 204 valence electrons. The smallest absolute Gasteiger partial charge is 0.410 e. The summed E-state index contributed by atoms with van der Waals surface area (Å²) in [6.07, 6.45) is 2.63. The van der Waals surface area contributed by atoms with E-state index < -0.39 is 5.60 Å². The number of hydrogen-bond acceptors (Lipinski definition) is 6. The number of rotatable bonds is 9. The summed E-state index contributed by atoms with van der Waals surface area (Å²) in [6.45, 7) is 11.3. The van der Waals surface area contributed by atoms with Crippen LogP contribution in [-0.2, 0) is 9.47 Å². The van der Waals surface area contributed by atoms with Crippen molar-refractivity contribution in [2.45, 2.75) is 51.2 Å². The first-order chi connectivity index (χ1) is 18.1. The van der Waals surface area contributed by atoms with Crippen molar-refractivity contribution in [3.63, 3.8) is 0 Å². The molecule has 3 rings (SSSR count). The molecular formula is C29H38N4O5. The molecule has 2 aromatic rings. The van der Waals surface area contributed by atoms with Gasteiger partial charge in [0.05, 0.1) is 24.9 Å². The monoisotopic (exact) mass is 522 g/mol. The van der Waals surface area contributed by atoms with Crippen molar-refractivity contribution < 1.29 is 23.9 Å². The van der Waals surface area contributed by atoms with Crippen LogP contribution in [0, 0.1) is 0 Å². The lowest BCUT2D eigenvalue weighted by molar-refractivity contribution is -0.0449. The molecule has 2 N–H and O–H groups in total. The summed E-state index contributed by atoms with van der Waals surface area (Å²) in [5.41, 5.74) is 1.49. The predicted molar refractivity (Wildman–Crippen MR) is 145 cm³/mol. The molecule has 9 nitrogen and oxygen atoms in total. The highest BCUT2D eigenvalue weighted by atomic mass is 16.6. The lowest BCUT2D eigenvalue weighted by Gasteiger charge is -2.34. The van der Waals surface area contributed by atoms with Crippen molar-refractivity contribution in [1.82, 2.24) is 20.5 Å². The molecule has 1 aromatic carbocycles. The van der Waals surface area contributed by atoms with Gasteiger partial charge in [0.2, 0.25) is 0 Å². The van der Waals surface area contributed by atoms with E-state index in [4.69, 9.17) is 9.47 Å². The van der Waals surface area contributed by atoms with Crippen molar-refractivity contribution in [1.29, 1.82) is 0 Å². The summed E-state index contributed by atoms with van der Waals surface area (Å²) in [5, 5.41) is 5.50. The highest BCUT2D eigenvalue weighted by molar-refractivity contribution is 5.98. The average molecular weight is 523 g/mol. The summed E-state index contributed by atoms with van der Waals surface area (Å²) in [6, 6.07) is 12.9. The Morgan fingerprint density at radius 2 is 1.95 bits per heavy atom. The van der Waals surface area contributed by atoms with Gasteiger partial charge in [0, 0.05) is 31.6 Å². The van der Waals surface area contributed by atoms with Crippen LogP contribution in [0.3, 0.4) is 0 Å². The molecule has 0 unspecified atom stereocenters. The number of benzene rings is 1. The number of aromatic nitrogens is 1. The number of nitrogens with one attached hydrogen (secondary N) is 2. The summed E-state index contributed by atoms with van der Waals surface area (Å²) in [7, 11) is 1.52. The number of nitrogens with zero attached hydrogens (tertiary/aromatic N) is 2. The van der Waals surface area contributed by atoms with Crippen LogP contribution in [0.25, 0.3) is 0 Å². The topological polar surface area (TPSA) is 110 Å². The van der Waals surface area contributed by atoms with E-state index in [0.29, 0.717) is 50.3 Å². The highest BCUT2D eigenvalue weighted by Gasteiger charge is 2.28. The van der Waals surface area contributed by atoms with Crippen LogP contribution >= 0.6 is 0 Å². The normalized spacial score (nSPS) is 16.3. The summed E-state index contributed by atoms with van der Waals surface area (Å²) in [5.74, 6) is -0.945. The van der Waals surface area contributed by atoms with Crippen LogP contribution in [0.4, 0.5) is 4.79 Å². The number of pyridine rings is 1. The zero-order valence-electron chi connectivity index (χ0n) is 22.7. The number of hydrogen-bond donors (Lipinski definition) is 2. The Morgan fingerprint density at radius 3 is 2.61 bits per heavy atom. The molecule has 3 amide bonds. The fourth-order valence-electron chi connectivity index (χ4n) is 4.19. The van der Waals surface area contributed by atoms with Gasteiger partial charge in [-0.2, -0.15) is 0 Å². The van der Waals surface area contributed by atoms with Gasteiger partial charge in [0.1, 0.15) is 11.3 Å². The van der Waals surface area contributed by atoms with Gasteiger partial charge in [-0.05, 0) is 51.3 Å². The van der Waals surface area contributed by atoms with Gasteiger partial charge < -0.3 is 25.0 Å². The van der Waals surface area contributed by atoms with Gasteiger partial charge in [0.25, 0.3) is 11.8 Å². The Balaban J connectivity index is 1.62. The molecule has 38 heavy (non-hydrogen) atoms. The number of morpholine rings is 1. The first-order valence-corrected chi connectivity index (χ1v) is 12.9. The van der Waals surface area contributed by atoms with Crippen molar-refractivity contribution in [3.05, 3.63) is 77.6 Å². The average Bonchev–Trinajstić information content (AvgIpc) is 2.90. The molecule has 0 bridgehead atoms. The molecule has 0 radical (unpaired) electrons. The van der Waals surface area contributed by atoms with E-state index in [1.165, 1.54) is 13.1 Å². The lowest BCUT2D eigenvalue weighted by atomic mass is 9.94. The molecule has 2 atom stereocenters. The minimum atomic E-state index is -0.549. The maximum atomic E-state index is 13.0. The van der Waals surface area contributed by atoms with E-state index in [1.54, 1.807) is 17.0 Å². The van der Waals surface area contributed by atoms with E-state index >= 15 is 0 Å². The van der Waals surface area contributed by atoms with Gasteiger partial charge in [0.15, 0.2) is 0 Å². The van der Waals surface area contributed by atoms with Crippen molar-refractivity contribution in [3.8, 4) is 0 Å². The van der Waals surface area contributed by atoms with Crippen LogP contribution in [0.2, 0.25) is 0 Å². The number of ether oxygens (including phenoxy) is 2. The number of carbonyl (C=O) groups excluding carboxylic acids is 3. The molecule has 9 heteroatoms. The van der Waals surface area contributed by atoms with E-state index in [2.05, 4.69) is 22.2 Å². The van der Waals surface area contributed by atoms with Gasteiger partial charge in [-0.3, -0.25) is 9.59 Å². The Hall–Kier alpha value is -3.72. The molecule has 0 spiro atoms. The number of allylic oxidation sites excluding steroid dienone is 1. The predicted octanol–water partition coefficient (Wildman–Crippen LogP) is 3.91. The van der Waals surface area contributed by atoms with Gasteiger partial charge in [-0.1, -0.05) is 36.4 Å². The zero-order valence-corrected chi connectivity index (χ0v) is 22.7. The zero-order chi connectivity index (χ0) is 27.7. The first-order valence-electron chi connectivity index (χ1n) is 12.9.